The molecule has 5 aromatic rings. The van der Waals surface area contributed by atoms with E-state index in [4.69, 9.17) is 16.6 Å². The van der Waals surface area contributed by atoms with Gasteiger partial charge in [-0.05, 0) is 41.3 Å². The Kier molecular flexibility index (Phi) is 8.81. The number of carbonyl (C=O) groups excluding carboxylic acids is 1. The molecule has 0 aliphatic carbocycles. The molecule has 1 aliphatic rings. The van der Waals surface area contributed by atoms with E-state index in [0.717, 1.165) is 36.9 Å². The third-order valence-corrected chi connectivity index (χ3v) is 11.2. The summed E-state index contributed by atoms with van der Waals surface area (Å²) < 4.78 is 29.1. The predicted molar refractivity (Wildman–Crippen MR) is 176 cm³/mol. The maximum absolute atomic E-state index is 13.6. The molecule has 0 radical (unpaired) electrons. The van der Waals surface area contributed by atoms with Crippen LogP contribution < -0.4 is 0 Å². The second kappa shape index (κ2) is 12.9. The van der Waals surface area contributed by atoms with Crippen molar-refractivity contribution in [3.8, 4) is 6.07 Å². The smallest absolute Gasteiger partial charge is 0.253 e. The Bertz CT molecular complexity index is 2020. The van der Waals surface area contributed by atoms with Crippen LogP contribution >= 0.6 is 22.9 Å². The number of hydrogen-bond acceptors (Lipinski definition) is 7. The van der Waals surface area contributed by atoms with E-state index in [1.807, 2.05) is 60.7 Å². The third-order valence-electron chi connectivity index (χ3n) is 7.61. The number of aliphatic hydroxyl groups is 1. The number of piperazine rings is 1. The van der Waals surface area contributed by atoms with Crippen LogP contribution in [0.1, 0.15) is 22.3 Å². The van der Waals surface area contributed by atoms with Gasteiger partial charge in [-0.3, -0.25) is 4.79 Å². The predicted octanol–water partition coefficient (Wildman–Crippen LogP) is 5.99. The second-order valence-electron chi connectivity index (χ2n) is 10.6. The minimum Gasteiger partial charge on any atom is -0.394 e. The maximum Gasteiger partial charge on any atom is 0.253 e. The first-order valence-electron chi connectivity index (χ1n) is 14.1. The molecule has 4 aromatic carbocycles. The molecule has 1 amide bonds. The normalized spacial score (nSPS) is 15.6. The van der Waals surface area contributed by atoms with E-state index in [2.05, 4.69) is 6.07 Å². The van der Waals surface area contributed by atoms with Gasteiger partial charge >= 0.3 is 0 Å². The number of amides is 1. The van der Waals surface area contributed by atoms with Gasteiger partial charge in [-0.25, -0.2) is 13.4 Å². The van der Waals surface area contributed by atoms with Crippen molar-refractivity contribution in [2.24, 2.45) is 4.99 Å². The SMILES string of the molecule is N#Cc1ccc(CN2C(=O)CN(S(=O)(=O)c3cc4ccc(Cl)cc4s3)CC2CO)cc1N=C(c1ccccc1)c1ccccc1. The lowest BCUT2D eigenvalue weighted by atomic mass is 10.0. The molecule has 1 saturated heterocycles. The molecule has 45 heavy (non-hydrogen) atoms. The van der Waals surface area contributed by atoms with Gasteiger partial charge in [0, 0.05) is 33.9 Å². The fraction of sp³-hybridized carbons (Fsp3) is 0.147. The molecule has 1 unspecified atom stereocenters. The Morgan fingerprint density at radius 3 is 2.31 bits per heavy atom. The molecule has 1 aromatic heterocycles. The summed E-state index contributed by atoms with van der Waals surface area (Å²) in [5.41, 5.74) is 3.96. The van der Waals surface area contributed by atoms with Crippen LogP contribution in [0, 0.1) is 11.3 Å². The monoisotopic (exact) mass is 654 g/mol. The zero-order chi connectivity index (χ0) is 31.6. The van der Waals surface area contributed by atoms with Gasteiger partial charge in [-0.2, -0.15) is 9.57 Å². The van der Waals surface area contributed by atoms with Gasteiger partial charge in [-0.1, -0.05) is 84.4 Å². The summed E-state index contributed by atoms with van der Waals surface area (Å²) in [5, 5.41) is 21.4. The number of benzene rings is 4. The Balaban J connectivity index is 1.28. The van der Waals surface area contributed by atoms with Gasteiger partial charge in [-0.15, -0.1) is 11.3 Å². The average Bonchev–Trinajstić information content (AvgIpc) is 3.49. The fourth-order valence-corrected chi connectivity index (χ4v) is 8.56. The van der Waals surface area contributed by atoms with Crippen LogP contribution in [0.5, 0.6) is 0 Å². The molecular weight excluding hydrogens is 628 g/mol. The maximum atomic E-state index is 13.6. The summed E-state index contributed by atoms with van der Waals surface area (Å²) in [5.74, 6) is -0.434. The van der Waals surface area contributed by atoms with Gasteiger partial charge in [0.15, 0.2) is 0 Å². The Hall–Kier alpha value is -4.37. The van der Waals surface area contributed by atoms with E-state index in [1.54, 1.807) is 42.5 Å². The minimum atomic E-state index is -3.99. The Labute approximate surface area is 270 Å². The number of aliphatic imine (C=N–C) groups is 1. The van der Waals surface area contributed by atoms with E-state index in [-0.39, 0.29) is 23.8 Å². The van der Waals surface area contributed by atoms with Crippen LogP contribution in [0.15, 0.2) is 112 Å². The summed E-state index contributed by atoms with van der Waals surface area (Å²) in [7, 11) is -3.99. The van der Waals surface area contributed by atoms with Crippen LogP contribution in [0.4, 0.5) is 5.69 Å². The number of aliphatic hydroxyl groups excluding tert-OH is 1. The van der Waals surface area contributed by atoms with Crippen molar-refractivity contribution in [3.63, 3.8) is 0 Å². The first-order valence-corrected chi connectivity index (χ1v) is 16.7. The number of hydrogen-bond donors (Lipinski definition) is 1. The molecule has 11 heteroatoms. The first kappa shape index (κ1) is 30.6. The van der Waals surface area contributed by atoms with E-state index in [9.17, 15) is 23.6 Å². The highest BCUT2D eigenvalue weighted by molar-refractivity contribution is 7.91. The first-order chi connectivity index (χ1) is 21.8. The number of nitrogens with zero attached hydrogens (tertiary/aromatic N) is 4. The van der Waals surface area contributed by atoms with Gasteiger partial charge in [0.05, 0.1) is 36.2 Å². The highest BCUT2D eigenvalue weighted by atomic mass is 35.5. The second-order valence-corrected chi connectivity index (χ2v) is 14.2. The number of nitriles is 1. The van der Waals surface area contributed by atoms with Gasteiger partial charge in [0.2, 0.25) is 5.91 Å². The zero-order valence-corrected chi connectivity index (χ0v) is 26.3. The molecule has 2 heterocycles. The molecule has 6 rings (SSSR count). The largest absolute Gasteiger partial charge is 0.394 e. The Morgan fingerprint density at radius 2 is 1.67 bits per heavy atom. The van der Waals surface area contributed by atoms with Crippen LogP contribution in [-0.2, 0) is 21.4 Å². The summed E-state index contributed by atoms with van der Waals surface area (Å²) in [6, 6.07) is 32.7. The van der Waals surface area contributed by atoms with Crippen LogP contribution in [-0.4, -0.2) is 60.1 Å². The Morgan fingerprint density at radius 1 is 0.978 bits per heavy atom. The van der Waals surface area contributed by atoms with Crippen molar-refractivity contribution < 1.29 is 18.3 Å². The van der Waals surface area contributed by atoms with Gasteiger partial charge in [0.25, 0.3) is 10.0 Å². The van der Waals surface area contributed by atoms with Crippen LogP contribution in [0.3, 0.4) is 0 Å². The number of sulfonamides is 1. The standard InChI is InChI=1S/C34H27ClN4O4S2/c35-28-14-13-26-16-33(44-31(26)17-28)45(42,43)38-20-29(22-40)39(32(41)21-38)19-23-11-12-27(18-36)30(15-23)37-34(24-7-3-1-4-8-24)25-9-5-2-6-10-25/h1-17,29,40H,19-22H2. The van der Waals surface area contributed by atoms with Crippen LogP contribution in [0.2, 0.25) is 5.02 Å². The van der Waals surface area contributed by atoms with E-state index >= 15 is 0 Å². The van der Waals surface area contributed by atoms with Crippen molar-refractivity contribution in [2.45, 2.75) is 16.8 Å². The molecule has 0 bridgehead atoms. The lowest BCUT2D eigenvalue weighted by Crippen LogP contribution is -2.58. The number of rotatable bonds is 8. The number of fused-ring (bicyclic) bond motifs is 1. The van der Waals surface area contributed by atoms with Crippen molar-refractivity contribution >= 4 is 60.4 Å². The highest BCUT2D eigenvalue weighted by Gasteiger charge is 2.39. The molecule has 0 saturated carbocycles. The molecule has 1 fully saturated rings. The topological polar surface area (TPSA) is 114 Å². The van der Waals surface area contributed by atoms with Crippen LogP contribution in [0.25, 0.3) is 10.1 Å². The van der Waals surface area contributed by atoms with E-state index in [1.165, 1.54) is 4.90 Å². The minimum absolute atomic E-state index is 0.0625. The van der Waals surface area contributed by atoms with Crippen molar-refractivity contribution in [1.82, 2.24) is 9.21 Å². The fourth-order valence-electron chi connectivity index (χ4n) is 5.30. The number of halogens is 1. The zero-order valence-electron chi connectivity index (χ0n) is 23.9. The highest BCUT2D eigenvalue weighted by Crippen LogP contribution is 2.34. The van der Waals surface area contributed by atoms with Crippen molar-refractivity contribution in [3.05, 3.63) is 130 Å². The molecule has 1 aliphatic heterocycles. The summed E-state index contributed by atoms with van der Waals surface area (Å²) >= 11 is 7.18. The van der Waals surface area contributed by atoms with E-state index < -0.39 is 28.6 Å². The lowest BCUT2D eigenvalue weighted by molar-refractivity contribution is -0.139. The third kappa shape index (κ3) is 6.40. The number of thiophene rings is 1. The van der Waals surface area contributed by atoms with Crippen molar-refractivity contribution in [1.29, 1.82) is 5.26 Å². The molecule has 1 atom stereocenters. The number of carbonyl (C=O) groups is 1. The average molecular weight is 655 g/mol. The lowest BCUT2D eigenvalue weighted by Gasteiger charge is -2.39. The molecule has 226 valence electrons. The molecule has 8 nitrogen and oxygen atoms in total. The van der Waals surface area contributed by atoms with Gasteiger partial charge < -0.3 is 10.0 Å². The molecule has 0 spiro atoms. The molecular formula is C34H27ClN4O4S2. The summed E-state index contributed by atoms with van der Waals surface area (Å²) in [6.45, 7) is -0.735. The summed E-state index contributed by atoms with van der Waals surface area (Å²) in [4.78, 5) is 19.9. The summed E-state index contributed by atoms with van der Waals surface area (Å²) in [6.07, 6.45) is 0. The molecule has 1 N–H and O–H groups in total. The quantitative estimate of drug-likeness (QED) is 0.207. The van der Waals surface area contributed by atoms with E-state index in [0.29, 0.717) is 27.5 Å². The van der Waals surface area contributed by atoms with Gasteiger partial charge in [0.1, 0.15) is 10.3 Å². The van der Waals surface area contributed by atoms with Crippen molar-refractivity contribution in [2.75, 3.05) is 19.7 Å².